The van der Waals surface area contributed by atoms with Gasteiger partial charge >= 0.3 is 6.18 Å². The Morgan fingerprint density at radius 2 is 1.78 bits per heavy atom. The minimum Gasteiger partial charge on any atom is -0.545 e. The Labute approximate surface area is 180 Å². The summed E-state index contributed by atoms with van der Waals surface area (Å²) in [6.45, 7) is 3.43. The Hall–Kier alpha value is -3.62. The monoisotopic (exact) mass is 445 g/mol. The van der Waals surface area contributed by atoms with Crippen molar-refractivity contribution in [1.29, 1.82) is 0 Å². The van der Waals surface area contributed by atoms with E-state index < -0.39 is 40.4 Å². The number of fused-ring (bicyclic) bond motifs is 3. The largest absolute Gasteiger partial charge is 0.545 e. The molecule has 1 amide bonds. The molecule has 2 aromatic carbocycles. The van der Waals surface area contributed by atoms with Crippen LogP contribution >= 0.6 is 0 Å². The van der Waals surface area contributed by atoms with Crippen LogP contribution in [0.15, 0.2) is 48.7 Å². The van der Waals surface area contributed by atoms with E-state index in [0.717, 1.165) is 28.6 Å². The van der Waals surface area contributed by atoms with E-state index in [4.69, 9.17) is 0 Å². The van der Waals surface area contributed by atoms with Crippen molar-refractivity contribution in [3.05, 3.63) is 76.9 Å². The molecular weight excluding hydrogens is 428 g/mol. The molecule has 32 heavy (non-hydrogen) atoms. The summed E-state index contributed by atoms with van der Waals surface area (Å²) in [5.74, 6) is -4.38. The number of benzene rings is 2. The van der Waals surface area contributed by atoms with Crippen molar-refractivity contribution in [1.82, 2.24) is 9.88 Å². The Bertz CT molecular complexity index is 1290. The van der Waals surface area contributed by atoms with E-state index in [2.05, 4.69) is 4.98 Å². The molecule has 1 aliphatic heterocycles. The molecule has 166 valence electrons. The lowest BCUT2D eigenvalue weighted by Crippen LogP contribution is -2.37. The van der Waals surface area contributed by atoms with Crippen LogP contribution in [0.25, 0.3) is 16.5 Å². The number of hydrogen-bond acceptors (Lipinski definition) is 3. The highest BCUT2D eigenvalue weighted by Gasteiger charge is 2.39. The molecule has 4 rings (SSSR count). The van der Waals surface area contributed by atoms with Gasteiger partial charge in [-0.25, -0.2) is 4.39 Å². The quantitative estimate of drug-likeness (QED) is 0.609. The molecule has 1 N–H and O–H groups in total. The van der Waals surface area contributed by atoms with Crippen LogP contribution in [0.1, 0.15) is 41.0 Å². The van der Waals surface area contributed by atoms with Gasteiger partial charge in [-0.1, -0.05) is 38.1 Å². The number of carbonyl (C=O) groups is 2. The summed E-state index contributed by atoms with van der Waals surface area (Å²) in [5.41, 5.74) is -2.04. The number of carboxylic acids is 1. The molecular formula is C23H17F4N2O3-. The van der Waals surface area contributed by atoms with Crippen LogP contribution in [0, 0.1) is 5.82 Å². The maximum atomic E-state index is 14.6. The number of aliphatic carboxylic acids is 1. The smallest absolute Gasteiger partial charge is 0.419 e. The van der Waals surface area contributed by atoms with Crippen molar-refractivity contribution in [2.45, 2.75) is 25.4 Å². The molecule has 2 heterocycles. The zero-order valence-electron chi connectivity index (χ0n) is 17.0. The van der Waals surface area contributed by atoms with Crippen LogP contribution in [0.4, 0.5) is 17.6 Å². The SMILES string of the molecule is CC1(C)CN(C(=O)c2cccc(C(F)(F)F)c2F)C=C(C(=O)[O-])c2[nH]c3ccccc3c21. The highest BCUT2D eigenvalue weighted by Crippen LogP contribution is 2.40. The number of H-pyrrole nitrogens is 1. The standard InChI is InChI=1S/C23H18F4N2O3/c1-22(2)11-29(20(30)13-7-5-8-15(18(13)24)23(25,26)27)10-14(21(31)32)19-17(22)12-6-3-4-9-16(12)28-19/h3-10,28H,11H2,1-2H3,(H,31,32)/p-1. The van der Waals surface area contributed by atoms with Crippen LogP contribution in [0.5, 0.6) is 0 Å². The van der Waals surface area contributed by atoms with Crippen molar-refractivity contribution in [3.63, 3.8) is 0 Å². The van der Waals surface area contributed by atoms with Gasteiger partial charge in [0.2, 0.25) is 0 Å². The minimum atomic E-state index is -4.99. The second-order valence-electron chi connectivity index (χ2n) is 8.23. The van der Waals surface area contributed by atoms with E-state index in [9.17, 15) is 32.3 Å². The molecule has 0 fully saturated rings. The number of amides is 1. The lowest BCUT2D eigenvalue weighted by Gasteiger charge is -2.30. The Morgan fingerprint density at radius 3 is 2.44 bits per heavy atom. The normalized spacial score (nSPS) is 15.8. The summed E-state index contributed by atoms with van der Waals surface area (Å²) in [6.07, 6.45) is -4.00. The van der Waals surface area contributed by atoms with Crippen LogP contribution in [-0.4, -0.2) is 28.3 Å². The number of halogens is 4. The van der Waals surface area contributed by atoms with Crippen LogP contribution in [0.3, 0.4) is 0 Å². The fourth-order valence-corrected chi connectivity index (χ4v) is 4.17. The van der Waals surface area contributed by atoms with Crippen molar-refractivity contribution < 1.29 is 32.3 Å². The first-order valence-electron chi connectivity index (χ1n) is 9.63. The molecule has 3 aromatic rings. The van der Waals surface area contributed by atoms with Crippen LogP contribution in [-0.2, 0) is 16.4 Å². The van der Waals surface area contributed by atoms with Crippen LogP contribution < -0.4 is 5.11 Å². The number of nitrogens with one attached hydrogen (secondary N) is 1. The van der Waals surface area contributed by atoms with Gasteiger partial charge in [-0.15, -0.1) is 0 Å². The molecule has 1 aliphatic rings. The average Bonchev–Trinajstić information content (AvgIpc) is 3.04. The van der Waals surface area contributed by atoms with Gasteiger partial charge in [0.1, 0.15) is 5.82 Å². The molecule has 1 aromatic heterocycles. The van der Waals surface area contributed by atoms with Gasteiger partial charge in [-0.05, 0) is 23.8 Å². The topological polar surface area (TPSA) is 76.2 Å². The summed E-state index contributed by atoms with van der Waals surface area (Å²) >= 11 is 0. The highest BCUT2D eigenvalue weighted by atomic mass is 19.4. The lowest BCUT2D eigenvalue weighted by molar-refractivity contribution is -0.295. The van der Waals surface area contributed by atoms with E-state index in [1.165, 1.54) is 0 Å². The number of rotatable bonds is 2. The molecule has 9 heteroatoms. The molecule has 0 bridgehead atoms. The van der Waals surface area contributed by atoms with Crippen LogP contribution in [0.2, 0.25) is 0 Å². The zero-order valence-corrected chi connectivity index (χ0v) is 17.0. The predicted octanol–water partition coefficient (Wildman–Crippen LogP) is 3.85. The van der Waals surface area contributed by atoms with Crippen molar-refractivity contribution >= 4 is 28.4 Å². The Balaban J connectivity index is 1.88. The summed E-state index contributed by atoms with van der Waals surface area (Å²) < 4.78 is 53.9. The van der Waals surface area contributed by atoms with E-state index in [-0.39, 0.29) is 17.8 Å². The van der Waals surface area contributed by atoms with E-state index in [0.29, 0.717) is 17.1 Å². The number of nitrogens with zero attached hydrogens (tertiary/aromatic N) is 1. The third kappa shape index (κ3) is 3.43. The van der Waals surface area contributed by atoms with E-state index in [1.807, 2.05) is 0 Å². The number of aromatic nitrogens is 1. The molecule has 5 nitrogen and oxygen atoms in total. The maximum absolute atomic E-state index is 14.6. The second kappa shape index (κ2) is 7.22. The molecule has 0 aliphatic carbocycles. The lowest BCUT2D eigenvalue weighted by atomic mass is 9.81. The summed E-state index contributed by atoms with van der Waals surface area (Å²) in [5, 5.41) is 12.7. The highest BCUT2D eigenvalue weighted by molar-refractivity contribution is 6.16. The predicted molar refractivity (Wildman–Crippen MR) is 107 cm³/mol. The van der Waals surface area contributed by atoms with Gasteiger partial charge in [0.05, 0.1) is 22.8 Å². The number of carbonyl (C=O) groups excluding carboxylic acids is 2. The zero-order chi connectivity index (χ0) is 23.4. The Kier molecular flexibility index (Phi) is 4.87. The minimum absolute atomic E-state index is 0.104. The van der Waals surface area contributed by atoms with Gasteiger partial charge in [0, 0.05) is 34.6 Å². The maximum Gasteiger partial charge on any atom is 0.419 e. The van der Waals surface area contributed by atoms with Crippen molar-refractivity contribution in [2.24, 2.45) is 0 Å². The molecule has 0 spiro atoms. The van der Waals surface area contributed by atoms with Gasteiger partial charge in [0.15, 0.2) is 0 Å². The first-order chi connectivity index (χ1) is 14.9. The van der Waals surface area contributed by atoms with Gasteiger partial charge < -0.3 is 19.8 Å². The van der Waals surface area contributed by atoms with Gasteiger partial charge in [-0.3, -0.25) is 4.79 Å². The fraction of sp³-hybridized carbons (Fsp3) is 0.217. The number of alkyl halides is 3. The number of carboxylic acid groups (broad SMARTS) is 1. The molecule has 0 atom stereocenters. The van der Waals surface area contributed by atoms with Gasteiger partial charge in [0.25, 0.3) is 5.91 Å². The average molecular weight is 445 g/mol. The Morgan fingerprint density at radius 1 is 1.09 bits per heavy atom. The molecule has 0 saturated heterocycles. The fourth-order valence-electron chi connectivity index (χ4n) is 4.17. The second-order valence-corrected chi connectivity index (χ2v) is 8.23. The summed E-state index contributed by atoms with van der Waals surface area (Å²) in [4.78, 5) is 29.0. The number of para-hydroxylation sites is 1. The van der Waals surface area contributed by atoms with E-state index in [1.54, 1.807) is 38.1 Å². The first kappa shape index (κ1) is 21.6. The summed E-state index contributed by atoms with van der Waals surface area (Å²) in [7, 11) is 0. The van der Waals surface area contributed by atoms with Crippen molar-refractivity contribution in [2.75, 3.05) is 6.54 Å². The molecule has 0 unspecified atom stereocenters. The first-order valence-corrected chi connectivity index (χ1v) is 9.63. The molecule has 0 radical (unpaired) electrons. The molecule has 0 saturated carbocycles. The van der Waals surface area contributed by atoms with Crippen molar-refractivity contribution in [3.8, 4) is 0 Å². The van der Waals surface area contributed by atoms with E-state index >= 15 is 0 Å². The van der Waals surface area contributed by atoms with Gasteiger partial charge in [-0.2, -0.15) is 13.2 Å². The summed E-state index contributed by atoms with van der Waals surface area (Å²) in [6, 6.07) is 9.53. The number of aromatic amines is 1. The number of hydrogen-bond donors (Lipinski definition) is 1. The third-order valence-electron chi connectivity index (χ3n) is 5.52. The third-order valence-corrected chi connectivity index (χ3v) is 5.52.